The predicted octanol–water partition coefficient (Wildman–Crippen LogP) is -0.175. The Morgan fingerprint density at radius 2 is 2.29 bits per heavy atom. The third-order valence-electron chi connectivity index (χ3n) is 2.63. The van der Waals surface area contributed by atoms with Gasteiger partial charge in [-0.2, -0.15) is 0 Å². The Kier molecular flexibility index (Phi) is 3.50. The minimum atomic E-state index is -0.642. The van der Waals surface area contributed by atoms with Crippen molar-refractivity contribution in [1.82, 2.24) is 10.2 Å². The first-order valence-corrected chi connectivity index (χ1v) is 5.11. The Morgan fingerprint density at radius 3 is 2.79 bits per heavy atom. The van der Waals surface area contributed by atoms with E-state index < -0.39 is 5.41 Å². The maximum Gasteiger partial charge on any atom is 0.230 e. The molecule has 1 saturated heterocycles. The lowest BCUT2D eigenvalue weighted by atomic mass is 9.92. The molecular weight excluding hydrogens is 180 g/mol. The molecule has 4 heteroatoms. The van der Waals surface area contributed by atoms with Crippen LogP contribution in [0.3, 0.4) is 0 Å². The Morgan fingerprint density at radius 1 is 1.64 bits per heavy atom. The van der Waals surface area contributed by atoms with Crippen molar-refractivity contribution in [3.05, 3.63) is 0 Å². The second-order valence-corrected chi connectivity index (χ2v) is 4.65. The zero-order valence-corrected chi connectivity index (χ0v) is 9.21. The number of hydrogen-bond acceptors (Lipinski definition) is 3. The molecule has 1 amide bonds. The lowest BCUT2D eigenvalue weighted by Gasteiger charge is -2.36. The van der Waals surface area contributed by atoms with Gasteiger partial charge in [-0.15, -0.1) is 0 Å². The van der Waals surface area contributed by atoms with Crippen molar-refractivity contribution in [3.63, 3.8) is 0 Å². The zero-order chi connectivity index (χ0) is 10.8. The van der Waals surface area contributed by atoms with Crippen LogP contribution in [0, 0.1) is 5.41 Å². The van der Waals surface area contributed by atoms with E-state index in [1.807, 2.05) is 4.90 Å². The van der Waals surface area contributed by atoms with Crippen LogP contribution < -0.4 is 5.32 Å². The number of piperazine rings is 1. The summed E-state index contributed by atoms with van der Waals surface area (Å²) >= 11 is 0. The molecule has 0 aromatic heterocycles. The highest BCUT2D eigenvalue weighted by atomic mass is 16.3. The fourth-order valence-electron chi connectivity index (χ4n) is 1.61. The van der Waals surface area contributed by atoms with E-state index in [0.29, 0.717) is 6.04 Å². The van der Waals surface area contributed by atoms with Crippen LogP contribution in [0.5, 0.6) is 0 Å². The quantitative estimate of drug-likeness (QED) is 0.650. The fraction of sp³-hybridized carbons (Fsp3) is 0.900. The van der Waals surface area contributed by atoms with E-state index in [9.17, 15) is 4.79 Å². The molecule has 2 N–H and O–H groups in total. The summed E-state index contributed by atoms with van der Waals surface area (Å²) in [5, 5.41) is 12.4. The first-order chi connectivity index (χ1) is 6.47. The number of carbonyl (C=O) groups excluding carboxylic acids is 1. The minimum absolute atomic E-state index is 0.0494. The maximum atomic E-state index is 11.9. The fourth-order valence-corrected chi connectivity index (χ4v) is 1.61. The molecule has 4 nitrogen and oxygen atoms in total. The van der Waals surface area contributed by atoms with E-state index >= 15 is 0 Å². The van der Waals surface area contributed by atoms with Gasteiger partial charge in [0.05, 0.1) is 12.0 Å². The Bertz CT molecular complexity index is 216. The number of aliphatic hydroxyl groups is 1. The van der Waals surface area contributed by atoms with Crippen molar-refractivity contribution in [1.29, 1.82) is 0 Å². The molecule has 0 unspecified atom stereocenters. The molecule has 0 saturated carbocycles. The molecule has 82 valence electrons. The van der Waals surface area contributed by atoms with Gasteiger partial charge in [-0.25, -0.2) is 0 Å². The Hall–Kier alpha value is -0.610. The monoisotopic (exact) mass is 200 g/mol. The van der Waals surface area contributed by atoms with Gasteiger partial charge in [-0.05, 0) is 20.8 Å². The van der Waals surface area contributed by atoms with Gasteiger partial charge in [0.15, 0.2) is 0 Å². The normalized spacial score (nSPS) is 23.7. The van der Waals surface area contributed by atoms with Crippen molar-refractivity contribution in [2.24, 2.45) is 5.41 Å². The van der Waals surface area contributed by atoms with Crippen molar-refractivity contribution in [2.75, 3.05) is 26.2 Å². The first kappa shape index (κ1) is 11.5. The van der Waals surface area contributed by atoms with Crippen LogP contribution in [-0.2, 0) is 4.79 Å². The molecule has 1 atom stereocenters. The average Bonchev–Trinajstić information content (AvgIpc) is 2.16. The molecule has 0 bridgehead atoms. The Labute approximate surface area is 85.3 Å². The standard InChI is InChI=1S/C10H20N2O2/c1-8-6-12(5-4-11-8)9(14)10(2,3)7-13/h8,11,13H,4-7H2,1-3H3/t8-/m1/s1. The van der Waals surface area contributed by atoms with Crippen LogP contribution >= 0.6 is 0 Å². The summed E-state index contributed by atoms with van der Waals surface area (Å²) in [6.07, 6.45) is 0. The maximum absolute atomic E-state index is 11.9. The number of hydrogen-bond donors (Lipinski definition) is 2. The molecule has 0 spiro atoms. The SMILES string of the molecule is C[C@@H]1CN(C(=O)C(C)(C)CO)CCN1. The van der Waals surface area contributed by atoms with Crippen LogP contribution in [0.2, 0.25) is 0 Å². The van der Waals surface area contributed by atoms with Crippen LogP contribution in [0.4, 0.5) is 0 Å². The molecule has 0 aromatic rings. The highest BCUT2D eigenvalue weighted by molar-refractivity contribution is 5.82. The summed E-state index contributed by atoms with van der Waals surface area (Å²) in [5.74, 6) is 0.0494. The van der Waals surface area contributed by atoms with Crippen molar-refractivity contribution < 1.29 is 9.90 Å². The molecule has 1 rings (SSSR count). The number of rotatable bonds is 2. The smallest absolute Gasteiger partial charge is 0.230 e. The second kappa shape index (κ2) is 4.28. The minimum Gasteiger partial charge on any atom is -0.395 e. The predicted molar refractivity (Wildman–Crippen MR) is 54.9 cm³/mol. The summed E-state index contributed by atoms with van der Waals surface area (Å²) in [6, 6.07) is 0.349. The van der Waals surface area contributed by atoms with E-state index in [0.717, 1.165) is 19.6 Å². The largest absolute Gasteiger partial charge is 0.395 e. The zero-order valence-electron chi connectivity index (χ0n) is 9.21. The molecular formula is C10H20N2O2. The summed E-state index contributed by atoms with van der Waals surface area (Å²) < 4.78 is 0. The summed E-state index contributed by atoms with van der Waals surface area (Å²) in [5.41, 5.74) is -0.642. The number of nitrogens with zero attached hydrogens (tertiary/aromatic N) is 1. The van der Waals surface area contributed by atoms with Crippen LogP contribution in [0.1, 0.15) is 20.8 Å². The molecule has 14 heavy (non-hydrogen) atoms. The number of aliphatic hydroxyl groups excluding tert-OH is 1. The number of nitrogens with one attached hydrogen (secondary N) is 1. The topological polar surface area (TPSA) is 52.6 Å². The van der Waals surface area contributed by atoms with Crippen molar-refractivity contribution in [3.8, 4) is 0 Å². The van der Waals surface area contributed by atoms with E-state index in [4.69, 9.17) is 5.11 Å². The van der Waals surface area contributed by atoms with Gasteiger partial charge < -0.3 is 15.3 Å². The van der Waals surface area contributed by atoms with Gasteiger partial charge in [-0.3, -0.25) is 4.79 Å². The van der Waals surface area contributed by atoms with Crippen molar-refractivity contribution >= 4 is 5.91 Å². The number of amides is 1. The molecule has 0 aliphatic carbocycles. The van der Waals surface area contributed by atoms with Crippen molar-refractivity contribution in [2.45, 2.75) is 26.8 Å². The van der Waals surface area contributed by atoms with E-state index in [2.05, 4.69) is 12.2 Å². The van der Waals surface area contributed by atoms with Gasteiger partial charge in [0.25, 0.3) is 0 Å². The first-order valence-electron chi connectivity index (χ1n) is 5.11. The third kappa shape index (κ3) is 2.45. The molecule has 1 heterocycles. The molecule has 1 aliphatic rings. The summed E-state index contributed by atoms with van der Waals surface area (Å²) in [7, 11) is 0. The van der Waals surface area contributed by atoms with E-state index in [1.165, 1.54) is 0 Å². The second-order valence-electron chi connectivity index (χ2n) is 4.65. The van der Waals surface area contributed by atoms with Crippen LogP contribution in [-0.4, -0.2) is 48.2 Å². The Balaban J connectivity index is 2.60. The van der Waals surface area contributed by atoms with E-state index in [-0.39, 0.29) is 12.5 Å². The van der Waals surface area contributed by atoms with Crippen LogP contribution in [0.25, 0.3) is 0 Å². The highest BCUT2D eigenvalue weighted by Gasteiger charge is 2.32. The van der Waals surface area contributed by atoms with Gasteiger partial charge in [0.1, 0.15) is 0 Å². The lowest BCUT2D eigenvalue weighted by Crippen LogP contribution is -2.54. The highest BCUT2D eigenvalue weighted by Crippen LogP contribution is 2.18. The number of carbonyl (C=O) groups is 1. The third-order valence-corrected chi connectivity index (χ3v) is 2.63. The van der Waals surface area contributed by atoms with Gasteiger partial charge >= 0.3 is 0 Å². The van der Waals surface area contributed by atoms with Crippen LogP contribution in [0.15, 0.2) is 0 Å². The molecule has 0 aromatic carbocycles. The lowest BCUT2D eigenvalue weighted by molar-refractivity contribution is -0.143. The molecule has 1 aliphatic heterocycles. The average molecular weight is 200 g/mol. The van der Waals surface area contributed by atoms with Gasteiger partial charge in [0, 0.05) is 25.7 Å². The molecule has 0 radical (unpaired) electrons. The van der Waals surface area contributed by atoms with E-state index in [1.54, 1.807) is 13.8 Å². The summed E-state index contributed by atoms with van der Waals surface area (Å²) in [6.45, 7) is 7.85. The molecule has 1 fully saturated rings. The van der Waals surface area contributed by atoms with Gasteiger partial charge in [-0.1, -0.05) is 0 Å². The van der Waals surface area contributed by atoms with Gasteiger partial charge in [0.2, 0.25) is 5.91 Å². The summed E-state index contributed by atoms with van der Waals surface area (Å²) in [4.78, 5) is 13.8.